The van der Waals surface area contributed by atoms with Gasteiger partial charge in [0.1, 0.15) is 5.82 Å². The van der Waals surface area contributed by atoms with E-state index in [2.05, 4.69) is 37.6 Å². The van der Waals surface area contributed by atoms with E-state index >= 15 is 0 Å². The molecule has 3 nitrogen and oxygen atoms in total. The third kappa shape index (κ3) is 1.71. The van der Waals surface area contributed by atoms with E-state index in [1.54, 1.807) is 0 Å². The average molecular weight is 233 g/mol. The van der Waals surface area contributed by atoms with Crippen molar-refractivity contribution in [1.82, 2.24) is 14.9 Å². The largest absolute Gasteiger partial charge is 0.325 e. The molecule has 17 heavy (non-hydrogen) atoms. The van der Waals surface area contributed by atoms with Crippen LogP contribution in [0, 0.1) is 0 Å². The summed E-state index contributed by atoms with van der Waals surface area (Å²) in [6.07, 6.45) is 3.76. The molecule has 0 radical (unpaired) electrons. The molecule has 2 aliphatic rings. The van der Waals surface area contributed by atoms with Gasteiger partial charge in [-0.3, -0.25) is 0 Å². The number of nitrogens with one attached hydrogen (secondary N) is 1. The highest BCUT2D eigenvalue weighted by Gasteiger charge is 2.44. The molecule has 2 heterocycles. The number of nitrogens with zero attached hydrogens (tertiary/aromatic N) is 2. The zero-order valence-corrected chi connectivity index (χ0v) is 11.4. The van der Waals surface area contributed by atoms with Crippen LogP contribution >= 0.6 is 0 Å². The van der Waals surface area contributed by atoms with Crippen molar-refractivity contribution in [3.05, 3.63) is 17.2 Å². The molecule has 1 saturated carbocycles. The fourth-order valence-corrected chi connectivity index (χ4v) is 2.80. The molecule has 0 bridgehead atoms. The number of aromatic nitrogens is 2. The Labute approximate surface area is 104 Å². The fourth-order valence-electron chi connectivity index (χ4n) is 2.80. The van der Waals surface area contributed by atoms with Crippen LogP contribution in [0.15, 0.2) is 0 Å². The Hall–Kier alpha value is -0.830. The summed E-state index contributed by atoms with van der Waals surface area (Å²) in [5.41, 5.74) is 3.28. The summed E-state index contributed by atoms with van der Waals surface area (Å²) < 4.78 is 2.57. The van der Waals surface area contributed by atoms with Crippen LogP contribution in [0.1, 0.15) is 57.7 Å². The zero-order chi connectivity index (χ0) is 12.3. The van der Waals surface area contributed by atoms with Crippen molar-refractivity contribution < 1.29 is 0 Å². The Morgan fingerprint density at radius 2 is 2.00 bits per heavy atom. The summed E-state index contributed by atoms with van der Waals surface area (Å²) in [6.45, 7) is 11.2. The molecule has 0 saturated heterocycles. The maximum Gasteiger partial charge on any atom is 0.115 e. The van der Waals surface area contributed by atoms with Crippen LogP contribution in [0.5, 0.6) is 0 Å². The van der Waals surface area contributed by atoms with Gasteiger partial charge in [0.15, 0.2) is 0 Å². The first-order valence-corrected chi connectivity index (χ1v) is 6.74. The molecule has 0 atom stereocenters. The number of imidazole rings is 1. The molecule has 1 aliphatic carbocycles. The summed E-state index contributed by atoms with van der Waals surface area (Å²) in [5, 5.41) is 3.43. The van der Waals surface area contributed by atoms with Gasteiger partial charge in [0.05, 0.1) is 5.69 Å². The predicted molar refractivity (Wildman–Crippen MR) is 69.2 cm³/mol. The predicted octanol–water partition coefficient (Wildman–Crippen LogP) is 2.34. The second-order valence-corrected chi connectivity index (χ2v) is 6.84. The van der Waals surface area contributed by atoms with E-state index in [9.17, 15) is 0 Å². The van der Waals surface area contributed by atoms with Crippen LogP contribution in [0.25, 0.3) is 0 Å². The van der Waals surface area contributed by atoms with Crippen molar-refractivity contribution in [3.8, 4) is 0 Å². The van der Waals surface area contributed by atoms with Gasteiger partial charge in [-0.2, -0.15) is 0 Å². The quantitative estimate of drug-likeness (QED) is 0.807. The van der Waals surface area contributed by atoms with Gasteiger partial charge in [-0.1, -0.05) is 20.8 Å². The SMILES string of the molecule is CC(C)(C)c1nc2c(n1C1(C)CC1)CCNC2. The summed E-state index contributed by atoms with van der Waals surface area (Å²) >= 11 is 0. The van der Waals surface area contributed by atoms with Crippen molar-refractivity contribution in [3.63, 3.8) is 0 Å². The van der Waals surface area contributed by atoms with Gasteiger partial charge in [-0.25, -0.2) is 4.98 Å². The molecule has 0 unspecified atom stereocenters. The van der Waals surface area contributed by atoms with E-state index < -0.39 is 0 Å². The molecule has 3 heteroatoms. The van der Waals surface area contributed by atoms with Gasteiger partial charge in [0.2, 0.25) is 0 Å². The minimum absolute atomic E-state index is 0.142. The molecule has 1 aliphatic heterocycles. The molecule has 1 N–H and O–H groups in total. The summed E-state index contributed by atoms with van der Waals surface area (Å²) in [4.78, 5) is 4.93. The average Bonchev–Trinajstić information content (AvgIpc) is 2.86. The first-order valence-electron chi connectivity index (χ1n) is 6.74. The molecule has 1 fully saturated rings. The lowest BCUT2D eigenvalue weighted by Crippen LogP contribution is -2.29. The first kappa shape index (κ1) is 11.3. The van der Waals surface area contributed by atoms with Crippen LogP contribution in [0.4, 0.5) is 0 Å². The lowest BCUT2D eigenvalue weighted by Gasteiger charge is -2.26. The van der Waals surface area contributed by atoms with Crippen molar-refractivity contribution in [2.45, 2.75) is 64.5 Å². The third-order valence-electron chi connectivity index (χ3n) is 4.07. The van der Waals surface area contributed by atoms with Crippen molar-refractivity contribution in [1.29, 1.82) is 0 Å². The smallest absolute Gasteiger partial charge is 0.115 e. The molecule has 94 valence electrons. The van der Waals surface area contributed by atoms with Crippen LogP contribution in [0.3, 0.4) is 0 Å². The molecule has 1 aromatic heterocycles. The van der Waals surface area contributed by atoms with Gasteiger partial charge in [-0.15, -0.1) is 0 Å². The van der Waals surface area contributed by atoms with Crippen LogP contribution in [-0.4, -0.2) is 16.1 Å². The summed E-state index contributed by atoms with van der Waals surface area (Å²) in [7, 11) is 0. The second kappa shape index (κ2) is 3.35. The highest BCUT2D eigenvalue weighted by atomic mass is 15.2. The van der Waals surface area contributed by atoms with E-state index in [1.165, 1.54) is 30.1 Å². The number of hydrogen-bond donors (Lipinski definition) is 1. The second-order valence-electron chi connectivity index (χ2n) is 6.84. The van der Waals surface area contributed by atoms with Gasteiger partial charge in [-0.05, 0) is 19.8 Å². The molecule has 3 rings (SSSR count). The van der Waals surface area contributed by atoms with Gasteiger partial charge >= 0.3 is 0 Å². The third-order valence-corrected chi connectivity index (χ3v) is 4.07. The first-order chi connectivity index (χ1) is 7.92. The molecule has 0 spiro atoms. The van der Waals surface area contributed by atoms with Crippen molar-refractivity contribution >= 4 is 0 Å². The highest BCUT2D eigenvalue weighted by Crippen LogP contribution is 2.47. The lowest BCUT2D eigenvalue weighted by molar-refractivity contribution is 0.425. The van der Waals surface area contributed by atoms with Crippen LogP contribution in [0.2, 0.25) is 0 Å². The van der Waals surface area contributed by atoms with Crippen molar-refractivity contribution in [2.24, 2.45) is 0 Å². The molecule has 0 amide bonds. The van der Waals surface area contributed by atoms with Gasteiger partial charge < -0.3 is 9.88 Å². The minimum Gasteiger partial charge on any atom is -0.325 e. The van der Waals surface area contributed by atoms with E-state index in [0.29, 0.717) is 5.54 Å². The van der Waals surface area contributed by atoms with Crippen molar-refractivity contribution in [2.75, 3.05) is 6.54 Å². The Morgan fingerprint density at radius 3 is 2.59 bits per heavy atom. The van der Waals surface area contributed by atoms with Gasteiger partial charge in [0.25, 0.3) is 0 Å². The van der Waals surface area contributed by atoms with E-state index in [1.807, 2.05) is 0 Å². The number of rotatable bonds is 1. The summed E-state index contributed by atoms with van der Waals surface area (Å²) in [6, 6.07) is 0. The topological polar surface area (TPSA) is 29.9 Å². The zero-order valence-electron chi connectivity index (χ0n) is 11.4. The van der Waals surface area contributed by atoms with E-state index in [4.69, 9.17) is 4.98 Å². The number of hydrogen-bond acceptors (Lipinski definition) is 2. The highest BCUT2D eigenvalue weighted by molar-refractivity contribution is 5.27. The normalized spacial score (nSPS) is 22.4. The Balaban J connectivity index is 2.18. The Kier molecular flexibility index (Phi) is 2.22. The molecular weight excluding hydrogens is 210 g/mol. The van der Waals surface area contributed by atoms with E-state index in [-0.39, 0.29) is 5.41 Å². The minimum atomic E-state index is 0.142. The Bertz CT molecular complexity index is 447. The maximum absolute atomic E-state index is 4.93. The number of fused-ring (bicyclic) bond motifs is 1. The van der Waals surface area contributed by atoms with E-state index in [0.717, 1.165) is 19.5 Å². The van der Waals surface area contributed by atoms with Gasteiger partial charge in [0, 0.05) is 36.2 Å². The molecular formula is C14H23N3. The summed E-state index contributed by atoms with van der Waals surface area (Å²) in [5.74, 6) is 1.28. The molecule has 0 aromatic carbocycles. The monoisotopic (exact) mass is 233 g/mol. The fraction of sp³-hybridized carbons (Fsp3) is 0.786. The molecule has 1 aromatic rings. The standard InChI is InChI=1S/C14H23N3/c1-13(2,3)12-16-10-9-15-8-5-11(10)17(12)14(4)6-7-14/h15H,5-9H2,1-4H3. The maximum atomic E-state index is 4.93. The van der Waals surface area contributed by atoms with Crippen LogP contribution < -0.4 is 5.32 Å². The van der Waals surface area contributed by atoms with Crippen LogP contribution in [-0.2, 0) is 23.9 Å². The Morgan fingerprint density at radius 1 is 1.29 bits per heavy atom. The lowest BCUT2D eigenvalue weighted by atomic mass is 9.95.